The number of nitrogens with one attached hydrogen (secondary N) is 2. The molecule has 0 heterocycles. The predicted octanol–water partition coefficient (Wildman–Crippen LogP) is 4.98. The van der Waals surface area contributed by atoms with Gasteiger partial charge in [0.05, 0.1) is 19.9 Å². The van der Waals surface area contributed by atoms with E-state index < -0.39 is 12.1 Å². The van der Waals surface area contributed by atoms with E-state index >= 15 is 0 Å². The van der Waals surface area contributed by atoms with Crippen molar-refractivity contribution >= 4 is 34.0 Å². The second kappa shape index (κ2) is 8.55. The normalized spacial score (nSPS) is 11.2. The van der Waals surface area contributed by atoms with Gasteiger partial charge in [-0.1, -0.05) is 30.3 Å². The van der Waals surface area contributed by atoms with Crippen molar-refractivity contribution in [3.8, 4) is 22.6 Å². The highest BCUT2D eigenvalue weighted by Crippen LogP contribution is 2.44. The highest BCUT2D eigenvalue weighted by molar-refractivity contribution is 6.10. The Morgan fingerprint density at radius 2 is 1.52 bits per heavy atom. The van der Waals surface area contributed by atoms with Crippen molar-refractivity contribution in [1.82, 2.24) is 0 Å². The monoisotopic (exact) mass is 432 g/mol. The Morgan fingerprint density at radius 3 is 2.13 bits per heavy atom. The average Bonchev–Trinajstić information content (AvgIpc) is 2.72. The molecule has 2 amide bonds. The van der Waals surface area contributed by atoms with E-state index in [9.17, 15) is 22.8 Å². The Bertz CT molecular complexity index is 1160. The van der Waals surface area contributed by atoms with Crippen molar-refractivity contribution in [3.05, 3.63) is 48.5 Å². The molecule has 0 aliphatic carbocycles. The molecule has 0 saturated carbocycles. The molecular formula is C22H19F3N2O4. The van der Waals surface area contributed by atoms with E-state index in [-0.39, 0.29) is 28.7 Å². The Morgan fingerprint density at radius 1 is 0.871 bits per heavy atom. The SMILES string of the molecule is COc1cc(NC(=O)C(F)(F)F)c(-c2c(NC(C)=O)ccc3ccccc23)cc1OC. The summed E-state index contributed by atoms with van der Waals surface area (Å²) in [6.07, 6.45) is -5.09. The summed E-state index contributed by atoms with van der Waals surface area (Å²) in [6, 6.07) is 13.3. The van der Waals surface area contributed by atoms with Gasteiger partial charge in [0.25, 0.3) is 0 Å². The lowest BCUT2D eigenvalue weighted by atomic mass is 9.94. The van der Waals surface area contributed by atoms with Crippen LogP contribution in [-0.4, -0.2) is 32.2 Å². The summed E-state index contributed by atoms with van der Waals surface area (Å²) in [5, 5.41) is 6.05. The Labute approximate surface area is 176 Å². The molecule has 0 aromatic heterocycles. The van der Waals surface area contributed by atoms with Gasteiger partial charge < -0.3 is 20.1 Å². The van der Waals surface area contributed by atoms with Crippen LogP contribution in [0.15, 0.2) is 48.5 Å². The van der Waals surface area contributed by atoms with Gasteiger partial charge in [-0.2, -0.15) is 13.2 Å². The van der Waals surface area contributed by atoms with E-state index in [2.05, 4.69) is 5.32 Å². The van der Waals surface area contributed by atoms with Gasteiger partial charge in [-0.25, -0.2) is 0 Å². The molecule has 162 valence electrons. The number of fused-ring (bicyclic) bond motifs is 1. The number of carbonyl (C=O) groups excluding carboxylic acids is 2. The first-order valence-electron chi connectivity index (χ1n) is 9.09. The Kier molecular flexibility index (Phi) is 6.05. The summed E-state index contributed by atoms with van der Waals surface area (Å²) < 4.78 is 49.4. The third-order valence-electron chi connectivity index (χ3n) is 4.54. The van der Waals surface area contributed by atoms with Crippen LogP contribution >= 0.6 is 0 Å². The first kappa shape index (κ1) is 21.9. The van der Waals surface area contributed by atoms with Crippen LogP contribution in [0.3, 0.4) is 0 Å². The fourth-order valence-corrected chi connectivity index (χ4v) is 3.24. The lowest BCUT2D eigenvalue weighted by Gasteiger charge is -2.20. The number of ether oxygens (including phenoxy) is 2. The number of hydrogen-bond acceptors (Lipinski definition) is 4. The van der Waals surface area contributed by atoms with Crippen LogP contribution in [-0.2, 0) is 9.59 Å². The van der Waals surface area contributed by atoms with Crippen molar-refractivity contribution in [2.45, 2.75) is 13.1 Å². The maximum atomic E-state index is 13.0. The molecule has 0 aliphatic heterocycles. The second-order valence-electron chi connectivity index (χ2n) is 6.60. The molecule has 0 radical (unpaired) electrons. The zero-order chi connectivity index (χ0) is 22.8. The van der Waals surface area contributed by atoms with E-state index in [0.29, 0.717) is 16.6 Å². The molecule has 0 unspecified atom stereocenters. The first-order chi connectivity index (χ1) is 14.7. The summed E-state index contributed by atoms with van der Waals surface area (Å²) in [6.45, 7) is 1.32. The highest BCUT2D eigenvalue weighted by atomic mass is 19.4. The minimum atomic E-state index is -5.09. The fraction of sp³-hybridized carbons (Fsp3) is 0.182. The molecule has 0 atom stereocenters. The molecule has 31 heavy (non-hydrogen) atoms. The second-order valence-corrected chi connectivity index (χ2v) is 6.60. The van der Waals surface area contributed by atoms with Crippen LogP contribution in [0.5, 0.6) is 11.5 Å². The molecule has 0 spiro atoms. The lowest BCUT2D eigenvalue weighted by molar-refractivity contribution is -0.167. The number of carbonyl (C=O) groups is 2. The molecule has 6 nitrogen and oxygen atoms in total. The molecule has 2 N–H and O–H groups in total. The third kappa shape index (κ3) is 4.55. The van der Waals surface area contributed by atoms with E-state index in [1.165, 1.54) is 33.3 Å². The lowest BCUT2D eigenvalue weighted by Crippen LogP contribution is -2.30. The summed E-state index contributed by atoms with van der Waals surface area (Å²) in [4.78, 5) is 23.5. The summed E-state index contributed by atoms with van der Waals surface area (Å²) >= 11 is 0. The van der Waals surface area contributed by atoms with Gasteiger partial charge in [0, 0.05) is 29.8 Å². The van der Waals surface area contributed by atoms with E-state index in [1.54, 1.807) is 24.3 Å². The highest BCUT2D eigenvalue weighted by Gasteiger charge is 2.39. The van der Waals surface area contributed by atoms with Crippen molar-refractivity contribution in [2.24, 2.45) is 0 Å². The standard InChI is InChI=1S/C22H19F3N2O4/c1-12(28)26-16-9-8-13-6-4-5-7-14(13)20(16)15-10-18(30-2)19(31-3)11-17(15)27-21(29)22(23,24)25/h4-11H,1-3H3,(H,26,28)(H,27,29). The van der Waals surface area contributed by atoms with Crippen LogP contribution in [0, 0.1) is 0 Å². The first-order valence-corrected chi connectivity index (χ1v) is 9.09. The number of halogens is 3. The number of benzene rings is 3. The van der Waals surface area contributed by atoms with E-state index in [0.717, 1.165) is 5.39 Å². The molecule has 0 aliphatic rings. The third-order valence-corrected chi connectivity index (χ3v) is 4.54. The number of rotatable bonds is 5. The molecule has 0 saturated heterocycles. The molecule has 9 heteroatoms. The van der Waals surface area contributed by atoms with E-state index in [1.807, 2.05) is 17.4 Å². The maximum absolute atomic E-state index is 13.0. The topological polar surface area (TPSA) is 76.7 Å². The number of amides is 2. The van der Waals surface area contributed by atoms with Gasteiger partial charge in [0.2, 0.25) is 5.91 Å². The maximum Gasteiger partial charge on any atom is 0.471 e. The largest absolute Gasteiger partial charge is 0.493 e. The van der Waals surface area contributed by atoms with Crippen LogP contribution < -0.4 is 20.1 Å². The average molecular weight is 432 g/mol. The number of alkyl halides is 3. The number of methoxy groups -OCH3 is 2. The zero-order valence-electron chi connectivity index (χ0n) is 16.9. The van der Waals surface area contributed by atoms with Crippen LogP contribution in [0.1, 0.15) is 6.92 Å². The summed E-state index contributed by atoms with van der Waals surface area (Å²) in [5.74, 6) is -2.13. The van der Waals surface area contributed by atoms with Crippen LogP contribution in [0.25, 0.3) is 21.9 Å². The minimum Gasteiger partial charge on any atom is -0.493 e. The molecule has 3 aromatic rings. The molecule has 0 fully saturated rings. The van der Waals surface area contributed by atoms with E-state index in [4.69, 9.17) is 9.47 Å². The van der Waals surface area contributed by atoms with Crippen molar-refractivity contribution in [3.63, 3.8) is 0 Å². The van der Waals surface area contributed by atoms with Gasteiger partial charge in [-0.15, -0.1) is 0 Å². The predicted molar refractivity (Wildman–Crippen MR) is 111 cm³/mol. The molecular weight excluding hydrogens is 413 g/mol. The Balaban J connectivity index is 2.36. The van der Waals surface area contributed by atoms with Gasteiger partial charge in [0.1, 0.15) is 0 Å². The van der Waals surface area contributed by atoms with Crippen molar-refractivity contribution < 1.29 is 32.2 Å². The molecule has 3 aromatic carbocycles. The van der Waals surface area contributed by atoms with Crippen LogP contribution in [0.2, 0.25) is 0 Å². The summed E-state index contributed by atoms with van der Waals surface area (Å²) in [5.41, 5.74) is 0.853. The van der Waals surface area contributed by atoms with Crippen molar-refractivity contribution in [2.75, 3.05) is 24.9 Å². The quantitative estimate of drug-likeness (QED) is 0.596. The van der Waals surface area contributed by atoms with Gasteiger partial charge >= 0.3 is 12.1 Å². The minimum absolute atomic E-state index is 0.130. The van der Waals surface area contributed by atoms with Gasteiger partial charge in [-0.3, -0.25) is 9.59 Å². The number of hydrogen-bond donors (Lipinski definition) is 2. The molecule has 3 rings (SSSR count). The summed E-state index contributed by atoms with van der Waals surface area (Å²) in [7, 11) is 2.71. The number of anilines is 2. The van der Waals surface area contributed by atoms with Gasteiger partial charge in [-0.05, 0) is 22.9 Å². The Hall–Kier alpha value is -3.75. The van der Waals surface area contributed by atoms with Crippen molar-refractivity contribution in [1.29, 1.82) is 0 Å². The molecule has 0 bridgehead atoms. The smallest absolute Gasteiger partial charge is 0.471 e. The zero-order valence-corrected chi connectivity index (χ0v) is 16.9. The van der Waals surface area contributed by atoms with Gasteiger partial charge in [0.15, 0.2) is 11.5 Å². The van der Waals surface area contributed by atoms with Crippen LogP contribution in [0.4, 0.5) is 24.5 Å². The fourth-order valence-electron chi connectivity index (χ4n) is 3.24.